The molecule has 1 aromatic rings. The monoisotopic (exact) mass is 330 g/mol. The summed E-state index contributed by atoms with van der Waals surface area (Å²) < 4.78 is 35.5. The van der Waals surface area contributed by atoms with Crippen molar-refractivity contribution in [3.8, 4) is 5.75 Å². The second-order valence-electron chi connectivity index (χ2n) is 4.63. The first-order valence-electron chi connectivity index (χ1n) is 6.78. The number of methoxy groups -OCH3 is 2. The smallest absolute Gasteiger partial charge is 0.243 e. The molecule has 1 aromatic carbocycles. The van der Waals surface area contributed by atoms with Crippen LogP contribution in [-0.2, 0) is 19.6 Å². The maximum atomic E-state index is 12.3. The van der Waals surface area contributed by atoms with Crippen molar-refractivity contribution >= 4 is 15.9 Å². The molecular weight excluding hydrogens is 308 g/mol. The fourth-order valence-corrected chi connectivity index (χ4v) is 2.84. The highest BCUT2D eigenvalue weighted by Gasteiger charge is 2.22. The molecule has 0 radical (unpaired) electrons. The number of rotatable bonds is 9. The number of amides is 1. The zero-order chi connectivity index (χ0) is 16.6. The van der Waals surface area contributed by atoms with E-state index in [1.54, 1.807) is 19.2 Å². The standard InChI is InChI=1S/C14H22N2O5S/c1-16(11-14(17)15-9-4-10-20-2)22(18,19)13-7-5-12(21-3)6-8-13/h5-8H,4,9-11H2,1-3H3,(H,15,17). The number of carbonyl (C=O) groups excluding carboxylic acids is 1. The first-order valence-corrected chi connectivity index (χ1v) is 8.22. The van der Waals surface area contributed by atoms with Crippen molar-refractivity contribution in [2.24, 2.45) is 0 Å². The molecular formula is C14H22N2O5S. The predicted molar refractivity (Wildman–Crippen MR) is 82.3 cm³/mol. The second-order valence-corrected chi connectivity index (χ2v) is 6.68. The van der Waals surface area contributed by atoms with Crippen LogP contribution in [0.3, 0.4) is 0 Å². The van der Waals surface area contributed by atoms with Crippen molar-refractivity contribution in [1.82, 2.24) is 9.62 Å². The molecule has 1 amide bonds. The molecule has 0 fully saturated rings. The van der Waals surface area contributed by atoms with Crippen LogP contribution < -0.4 is 10.1 Å². The summed E-state index contributed by atoms with van der Waals surface area (Å²) in [4.78, 5) is 11.8. The maximum Gasteiger partial charge on any atom is 0.243 e. The van der Waals surface area contributed by atoms with E-state index in [1.807, 2.05) is 0 Å². The molecule has 8 heteroatoms. The second kappa shape index (κ2) is 8.72. The summed E-state index contributed by atoms with van der Waals surface area (Å²) in [6, 6.07) is 6.01. The molecule has 0 aliphatic carbocycles. The number of benzene rings is 1. The van der Waals surface area contributed by atoms with Crippen LogP contribution in [0.25, 0.3) is 0 Å². The summed E-state index contributed by atoms with van der Waals surface area (Å²) in [7, 11) is 0.751. The minimum absolute atomic E-state index is 0.114. The molecule has 124 valence electrons. The van der Waals surface area contributed by atoms with Crippen LogP contribution in [0, 0.1) is 0 Å². The molecule has 0 saturated heterocycles. The highest BCUT2D eigenvalue weighted by atomic mass is 32.2. The lowest BCUT2D eigenvalue weighted by molar-refractivity contribution is -0.121. The van der Waals surface area contributed by atoms with Gasteiger partial charge in [-0.15, -0.1) is 0 Å². The number of likely N-dealkylation sites (N-methyl/N-ethyl adjacent to an activating group) is 1. The van der Waals surface area contributed by atoms with Gasteiger partial charge in [0.05, 0.1) is 18.6 Å². The van der Waals surface area contributed by atoms with Gasteiger partial charge in [0.2, 0.25) is 15.9 Å². The molecule has 0 aliphatic rings. The number of ether oxygens (including phenoxy) is 2. The molecule has 22 heavy (non-hydrogen) atoms. The Morgan fingerprint density at radius 1 is 1.23 bits per heavy atom. The Hall–Kier alpha value is -1.64. The van der Waals surface area contributed by atoms with E-state index in [0.29, 0.717) is 25.3 Å². The minimum Gasteiger partial charge on any atom is -0.497 e. The van der Waals surface area contributed by atoms with Crippen molar-refractivity contribution in [2.75, 3.05) is 41.0 Å². The fourth-order valence-electron chi connectivity index (χ4n) is 1.72. The van der Waals surface area contributed by atoms with Crippen molar-refractivity contribution in [3.63, 3.8) is 0 Å². The average Bonchev–Trinajstić information content (AvgIpc) is 2.51. The molecule has 1 rings (SSSR count). The third-order valence-corrected chi connectivity index (χ3v) is 4.80. The molecule has 0 heterocycles. The van der Waals surface area contributed by atoms with Gasteiger partial charge in [0.1, 0.15) is 5.75 Å². The number of nitrogens with zero attached hydrogens (tertiary/aromatic N) is 1. The van der Waals surface area contributed by atoms with Gasteiger partial charge in [-0.1, -0.05) is 0 Å². The molecule has 0 aromatic heterocycles. The van der Waals surface area contributed by atoms with Gasteiger partial charge in [0.15, 0.2) is 0 Å². The summed E-state index contributed by atoms with van der Waals surface area (Å²) in [5.74, 6) is 0.216. The van der Waals surface area contributed by atoms with E-state index in [9.17, 15) is 13.2 Å². The summed E-state index contributed by atoms with van der Waals surface area (Å²) in [6.07, 6.45) is 0.678. The first kappa shape index (κ1) is 18.4. The molecule has 0 saturated carbocycles. The largest absolute Gasteiger partial charge is 0.497 e. The molecule has 0 atom stereocenters. The van der Waals surface area contributed by atoms with Gasteiger partial charge in [-0.2, -0.15) is 4.31 Å². The van der Waals surface area contributed by atoms with Gasteiger partial charge in [-0.05, 0) is 30.7 Å². The number of carbonyl (C=O) groups is 1. The van der Waals surface area contributed by atoms with Crippen molar-refractivity contribution in [2.45, 2.75) is 11.3 Å². The van der Waals surface area contributed by atoms with E-state index in [2.05, 4.69) is 5.32 Å². The number of hydrogen-bond donors (Lipinski definition) is 1. The predicted octanol–water partition coefficient (Wildman–Crippen LogP) is 0.468. The van der Waals surface area contributed by atoms with E-state index < -0.39 is 10.0 Å². The van der Waals surface area contributed by atoms with Crippen LogP contribution in [-0.4, -0.2) is 59.6 Å². The summed E-state index contributed by atoms with van der Waals surface area (Å²) in [5.41, 5.74) is 0. The first-order chi connectivity index (χ1) is 10.4. The van der Waals surface area contributed by atoms with E-state index in [4.69, 9.17) is 9.47 Å². The van der Waals surface area contributed by atoms with Gasteiger partial charge in [-0.25, -0.2) is 8.42 Å². The van der Waals surface area contributed by atoms with Gasteiger partial charge < -0.3 is 14.8 Å². The van der Waals surface area contributed by atoms with Crippen molar-refractivity contribution in [1.29, 1.82) is 0 Å². The number of nitrogens with one attached hydrogen (secondary N) is 1. The molecule has 0 unspecified atom stereocenters. The Kier molecular flexibility index (Phi) is 7.30. The average molecular weight is 330 g/mol. The van der Waals surface area contributed by atoms with Crippen LogP contribution in [0.15, 0.2) is 29.2 Å². The van der Waals surface area contributed by atoms with Gasteiger partial charge in [0.25, 0.3) is 0 Å². The topological polar surface area (TPSA) is 84.9 Å². The fraction of sp³-hybridized carbons (Fsp3) is 0.500. The zero-order valence-corrected chi connectivity index (χ0v) is 13.9. The van der Waals surface area contributed by atoms with E-state index in [-0.39, 0.29) is 17.3 Å². The lowest BCUT2D eigenvalue weighted by Gasteiger charge is -2.17. The highest BCUT2D eigenvalue weighted by molar-refractivity contribution is 7.89. The quantitative estimate of drug-likeness (QED) is 0.665. The number of hydrogen-bond acceptors (Lipinski definition) is 5. The summed E-state index contributed by atoms with van der Waals surface area (Å²) >= 11 is 0. The van der Waals surface area contributed by atoms with Crippen LogP contribution in [0.1, 0.15) is 6.42 Å². The third-order valence-electron chi connectivity index (χ3n) is 2.98. The van der Waals surface area contributed by atoms with E-state index >= 15 is 0 Å². The summed E-state index contributed by atoms with van der Waals surface area (Å²) in [6.45, 7) is 0.755. The molecule has 0 spiro atoms. The van der Waals surface area contributed by atoms with Crippen molar-refractivity contribution < 1.29 is 22.7 Å². The minimum atomic E-state index is -3.70. The molecule has 1 N–H and O–H groups in total. The highest BCUT2D eigenvalue weighted by Crippen LogP contribution is 2.18. The molecule has 0 bridgehead atoms. The normalized spacial score (nSPS) is 11.5. The Morgan fingerprint density at radius 3 is 2.41 bits per heavy atom. The van der Waals surface area contributed by atoms with Gasteiger partial charge >= 0.3 is 0 Å². The Bertz CT molecular complexity index is 571. The molecule has 0 aliphatic heterocycles. The number of sulfonamides is 1. The van der Waals surface area contributed by atoms with Crippen LogP contribution in [0.5, 0.6) is 5.75 Å². The van der Waals surface area contributed by atoms with E-state index in [1.165, 1.54) is 26.3 Å². The van der Waals surface area contributed by atoms with Crippen LogP contribution >= 0.6 is 0 Å². The summed E-state index contributed by atoms with van der Waals surface area (Å²) in [5, 5.41) is 2.65. The Morgan fingerprint density at radius 2 is 1.86 bits per heavy atom. The van der Waals surface area contributed by atoms with Crippen molar-refractivity contribution in [3.05, 3.63) is 24.3 Å². The lowest BCUT2D eigenvalue weighted by Crippen LogP contribution is -2.38. The van der Waals surface area contributed by atoms with Gasteiger partial charge in [0, 0.05) is 27.3 Å². The third kappa shape index (κ3) is 5.28. The molecule has 7 nitrogen and oxygen atoms in total. The Balaban J connectivity index is 2.61. The SMILES string of the molecule is COCCCNC(=O)CN(C)S(=O)(=O)c1ccc(OC)cc1. The maximum absolute atomic E-state index is 12.3. The lowest BCUT2D eigenvalue weighted by atomic mass is 10.3. The van der Waals surface area contributed by atoms with E-state index in [0.717, 1.165) is 4.31 Å². The Labute approximate surface area is 131 Å². The zero-order valence-electron chi connectivity index (χ0n) is 13.0. The van der Waals surface area contributed by atoms with Crippen LogP contribution in [0.2, 0.25) is 0 Å². The van der Waals surface area contributed by atoms with Gasteiger partial charge in [-0.3, -0.25) is 4.79 Å². The van der Waals surface area contributed by atoms with Crippen LogP contribution in [0.4, 0.5) is 0 Å².